The molecule has 0 unspecified atom stereocenters. The first-order valence-electron chi connectivity index (χ1n) is 8.53. The molecule has 0 saturated carbocycles. The van der Waals surface area contributed by atoms with Crippen LogP contribution in [0.5, 0.6) is 0 Å². The van der Waals surface area contributed by atoms with Crippen molar-refractivity contribution in [2.45, 2.75) is 25.4 Å². The number of carbonyl (C=O) groups is 1. The first kappa shape index (κ1) is 19.5. The Kier molecular flexibility index (Phi) is 7.45. The highest BCUT2D eigenvalue weighted by molar-refractivity contribution is 7.13. The van der Waals surface area contributed by atoms with Gasteiger partial charge in [-0.05, 0) is 12.8 Å². The molecule has 0 spiro atoms. The summed E-state index contributed by atoms with van der Waals surface area (Å²) in [5, 5.41) is 12.5. The summed E-state index contributed by atoms with van der Waals surface area (Å²) in [6, 6.07) is 0.375. The zero-order chi connectivity index (χ0) is 18.2. The summed E-state index contributed by atoms with van der Waals surface area (Å²) in [5.41, 5.74) is 1.01. The minimum absolute atomic E-state index is 0.0734. The maximum absolute atomic E-state index is 11.4. The molecule has 0 aromatic carbocycles. The minimum Gasteiger partial charge on any atom is -0.358 e. The number of thiazole rings is 1. The first-order chi connectivity index (χ1) is 12.0. The molecule has 140 valence electrons. The van der Waals surface area contributed by atoms with Crippen LogP contribution >= 0.6 is 11.3 Å². The molecule has 1 aromatic rings. The Labute approximate surface area is 153 Å². The quantitative estimate of drug-likeness (QED) is 0.488. The monoisotopic (exact) mass is 367 g/mol. The number of nitrogens with zero attached hydrogens (tertiary/aromatic N) is 4. The Balaban J connectivity index is 1.74. The summed E-state index contributed by atoms with van der Waals surface area (Å²) in [4.78, 5) is 24.5. The van der Waals surface area contributed by atoms with Gasteiger partial charge in [0.2, 0.25) is 5.91 Å². The van der Waals surface area contributed by atoms with E-state index in [4.69, 9.17) is 0 Å². The van der Waals surface area contributed by atoms with Gasteiger partial charge in [0.25, 0.3) is 0 Å². The van der Waals surface area contributed by atoms with Crippen molar-refractivity contribution in [2.24, 2.45) is 4.99 Å². The van der Waals surface area contributed by atoms with Gasteiger partial charge in [-0.15, -0.1) is 11.3 Å². The fourth-order valence-electron chi connectivity index (χ4n) is 2.66. The van der Waals surface area contributed by atoms with Gasteiger partial charge in [0, 0.05) is 52.7 Å². The normalized spacial score (nSPS) is 16.6. The topological polar surface area (TPSA) is 84.9 Å². The fourth-order valence-corrected chi connectivity index (χ4v) is 3.42. The molecule has 1 aromatic heterocycles. The SMILES string of the molecule is CN=C(NCc1csc(N(C)C)n1)NC1CCN(CC(=O)NC)CC1. The highest BCUT2D eigenvalue weighted by Gasteiger charge is 2.21. The van der Waals surface area contributed by atoms with E-state index in [9.17, 15) is 4.79 Å². The van der Waals surface area contributed by atoms with E-state index in [2.05, 4.69) is 36.2 Å². The molecule has 1 amide bonds. The van der Waals surface area contributed by atoms with Crippen LogP contribution in [-0.4, -0.2) is 75.6 Å². The van der Waals surface area contributed by atoms with Crippen molar-refractivity contribution in [1.29, 1.82) is 0 Å². The number of rotatable bonds is 6. The predicted octanol–water partition coefficient (Wildman–Crippen LogP) is 0.0845. The largest absolute Gasteiger partial charge is 0.358 e. The third-order valence-electron chi connectivity index (χ3n) is 4.16. The number of carbonyl (C=O) groups excluding carboxylic acids is 1. The van der Waals surface area contributed by atoms with Gasteiger partial charge in [-0.3, -0.25) is 14.7 Å². The number of aromatic nitrogens is 1. The Morgan fingerprint density at radius 3 is 2.72 bits per heavy atom. The Morgan fingerprint density at radius 1 is 1.44 bits per heavy atom. The standard InChI is InChI=1S/C16H29N7OS/c1-17-14(24)10-23-7-5-12(6-8-23)20-15(18-2)19-9-13-11-25-16(21-13)22(3)4/h11-12H,5-10H2,1-4H3,(H,17,24)(H2,18,19,20). The van der Waals surface area contributed by atoms with E-state index in [0.717, 1.165) is 42.7 Å². The minimum atomic E-state index is 0.0734. The molecule has 0 bridgehead atoms. The molecule has 1 aliphatic rings. The van der Waals surface area contributed by atoms with E-state index in [-0.39, 0.29) is 5.91 Å². The summed E-state index contributed by atoms with van der Waals surface area (Å²) in [6.45, 7) is 2.97. The molecule has 2 rings (SSSR count). The lowest BCUT2D eigenvalue weighted by Crippen LogP contribution is -2.49. The number of likely N-dealkylation sites (tertiary alicyclic amines) is 1. The molecule has 1 aliphatic heterocycles. The Morgan fingerprint density at radius 2 is 2.16 bits per heavy atom. The second kappa shape index (κ2) is 9.57. The number of amides is 1. The average molecular weight is 368 g/mol. The molecule has 2 heterocycles. The van der Waals surface area contributed by atoms with E-state index in [1.54, 1.807) is 25.4 Å². The van der Waals surface area contributed by atoms with Crippen molar-refractivity contribution in [3.63, 3.8) is 0 Å². The van der Waals surface area contributed by atoms with Gasteiger partial charge in [-0.1, -0.05) is 0 Å². The number of aliphatic imine (C=N–C) groups is 1. The van der Waals surface area contributed by atoms with Crippen LogP contribution in [0.15, 0.2) is 10.4 Å². The average Bonchev–Trinajstić information content (AvgIpc) is 3.09. The molecule has 0 aliphatic carbocycles. The smallest absolute Gasteiger partial charge is 0.233 e. The summed E-state index contributed by atoms with van der Waals surface area (Å²) < 4.78 is 0. The maximum atomic E-state index is 11.4. The highest BCUT2D eigenvalue weighted by atomic mass is 32.1. The van der Waals surface area contributed by atoms with Crippen LogP contribution in [0.3, 0.4) is 0 Å². The molecule has 0 atom stereocenters. The predicted molar refractivity (Wildman–Crippen MR) is 103 cm³/mol. The number of guanidine groups is 1. The lowest BCUT2D eigenvalue weighted by atomic mass is 10.1. The summed E-state index contributed by atoms with van der Waals surface area (Å²) in [6.07, 6.45) is 2.00. The van der Waals surface area contributed by atoms with E-state index in [1.807, 2.05) is 19.0 Å². The van der Waals surface area contributed by atoms with E-state index < -0.39 is 0 Å². The van der Waals surface area contributed by atoms with Crippen molar-refractivity contribution < 1.29 is 4.79 Å². The summed E-state index contributed by atoms with van der Waals surface area (Å²) in [5.74, 6) is 0.869. The Hall–Kier alpha value is -1.87. The molecule has 25 heavy (non-hydrogen) atoms. The number of likely N-dealkylation sites (N-methyl/N-ethyl adjacent to an activating group) is 1. The third kappa shape index (κ3) is 6.17. The van der Waals surface area contributed by atoms with Crippen LogP contribution in [0.2, 0.25) is 0 Å². The van der Waals surface area contributed by atoms with Gasteiger partial charge in [0.05, 0.1) is 18.8 Å². The highest BCUT2D eigenvalue weighted by Crippen LogP contribution is 2.17. The lowest BCUT2D eigenvalue weighted by Gasteiger charge is -2.32. The molecule has 0 radical (unpaired) electrons. The van der Waals surface area contributed by atoms with Crippen molar-refractivity contribution in [3.8, 4) is 0 Å². The van der Waals surface area contributed by atoms with Gasteiger partial charge in [0.15, 0.2) is 11.1 Å². The molecule has 3 N–H and O–H groups in total. The lowest BCUT2D eigenvalue weighted by molar-refractivity contribution is -0.122. The van der Waals surface area contributed by atoms with Crippen LogP contribution in [0.25, 0.3) is 0 Å². The van der Waals surface area contributed by atoms with Gasteiger partial charge in [-0.2, -0.15) is 0 Å². The van der Waals surface area contributed by atoms with Gasteiger partial charge in [0.1, 0.15) is 0 Å². The number of piperidine rings is 1. The number of anilines is 1. The molecular formula is C16H29N7OS. The molecule has 1 fully saturated rings. The fraction of sp³-hybridized carbons (Fsp3) is 0.688. The van der Waals surface area contributed by atoms with Crippen molar-refractivity contribution >= 4 is 28.3 Å². The zero-order valence-corrected chi connectivity index (χ0v) is 16.3. The van der Waals surface area contributed by atoms with E-state index in [1.165, 1.54) is 0 Å². The third-order valence-corrected chi connectivity index (χ3v) is 5.21. The second-order valence-electron chi connectivity index (χ2n) is 6.31. The summed E-state index contributed by atoms with van der Waals surface area (Å²) in [7, 11) is 7.44. The van der Waals surface area contributed by atoms with Gasteiger partial charge >= 0.3 is 0 Å². The van der Waals surface area contributed by atoms with Crippen LogP contribution < -0.4 is 20.9 Å². The van der Waals surface area contributed by atoms with Crippen molar-refractivity contribution in [2.75, 3.05) is 52.7 Å². The molecule has 1 saturated heterocycles. The van der Waals surface area contributed by atoms with Crippen LogP contribution in [0.4, 0.5) is 5.13 Å². The summed E-state index contributed by atoms with van der Waals surface area (Å²) >= 11 is 1.64. The van der Waals surface area contributed by atoms with E-state index in [0.29, 0.717) is 19.1 Å². The first-order valence-corrected chi connectivity index (χ1v) is 9.41. The number of hydrogen-bond donors (Lipinski definition) is 3. The molecule has 9 heteroatoms. The Bertz CT molecular complexity index is 579. The van der Waals surface area contributed by atoms with Crippen LogP contribution in [0, 0.1) is 0 Å². The van der Waals surface area contributed by atoms with Crippen molar-refractivity contribution in [1.82, 2.24) is 25.8 Å². The number of hydrogen-bond acceptors (Lipinski definition) is 6. The second-order valence-corrected chi connectivity index (χ2v) is 7.15. The zero-order valence-electron chi connectivity index (χ0n) is 15.5. The van der Waals surface area contributed by atoms with E-state index >= 15 is 0 Å². The number of nitrogens with one attached hydrogen (secondary N) is 3. The van der Waals surface area contributed by atoms with Crippen LogP contribution in [-0.2, 0) is 11.3 Å². The van der Waals surface area contributed by atoms with Crippen LogP contribution in [0.1, 0.15) is 18.5 Å². The van der Waals surface area contributed by atoms with Gasteiger partial charge in [-0.25, -0.2) is 4.98 Å². The van der Waals surface area contributed by atoms with Crippen molar-refractivity contribution in [3.05, 3.63) is 11.1 Å². The molecular weight excluding hydrogens is 338 g/mol. The molecule has 8 nitrogen and oxygen atoms in total. The van der Waals surface area contributed by atoms with Gasteiger partial charge < -0.3 is 20.9 Å². The maximum Gasteiger partial charge on any atom is 0.233 e.